The number of carbonyl (C=O) groups is 1. The average Bonchev–Trinajstić information content (AvgIpc) is 3.72. The largest absolute Gasteiger partial charge is 0.457 e. The quantitative estimate of drug-likeness (QED) is 0.259. The van der Waals surface area contributed by atoms with Crippen LogP contribution in [0.1, 0.15) is 34.7 Å². The second-order valence-electron chi connectivity index (χ2n) is 9.88. The summed E-state index contributed by atoms with van der Waals surface area (Å²) in [5.41, 5.74) is 8.42. The Bertz CT molecular complexity index is 1650. The highest BCUT2D eigenvalue weighted by Crippen LogP contribution is 2.48. The third-order valence-electron chi connectivity index (χ3n) is 6.78. The molecule has 1 heterocycles. The Balaban J connectivity index is 1.60. The molecule has 40 heavy (non-hydrogen) atoms. The summed E-state index contributed by atoms with van der Waals surface area (Å²) in [5, 5.41) is 12.7. The van der Waals surface area contributed by atoms with E-state index in [0.717, 1.165) is 24.7 Å². The van der Waals surface area contributed by atoms with Crippen molar-refractivity contribution in [2.24, 2.45) is 5.73 Å². The number of hydrogen-bond donors (Lipinski definition) is 3. The number of halogens is 1. The van der Waals surface area contributed by atoms with Crippen LogP contribution >= 0.6 is 0 Å². The maximum Gasteiger partial charge on any atom is 0.255 e. The minimum Gasteiger partial charge on any atom is -0.457 e. The molecule has 1 aromatic heterocycles. The second kappa shape index (κ2) is 10.9. The molecule has 9 nitrogen and oxygen atoms in total. The van der Waals surface area contributed by atoms with Gasteiger partial charge in [0.2, 0.25) is 10.0 Å². The summed E-state index contributed by atoms with van der Waals surface area (Å²) in [5.74, 6) is 0.721. The minimum atomic E-state index is -3.74. The van der Waals surface area contributed by atoms with Crippen LogP contribution in [0.25, 0.3) is 22.3 Å². The Kier molecular flexibility index (Phi) is 7.54. The van der Waals surface area contributed by atoms with E-state index in [0.29, 0.717) is 45.0 Å². The number of rotatable bonds is 10. The van der Waals surface area contributed by atoms with Gasteiger partial charge in [0.25, 0.3) is 5.91 Å². The van der Waals surface area contributed by atoms with E-state index in [1.807, 2.05) is 6.07 Å². The number of nitrogens with two attached hydrogens (primary N) is 1. The van der Waals surface area contributed by atoms with E-state index >= 15 is 0 Å². The average molecular weight is 568 g/mol. The first-order valence-electron chi connectivity index (χ1n) is 12.8. The van der Waals surface area contributed by atoms with E-state index in [1.165, 1.54) is 35.6 Å². The van der Waals surface area contributed by atoms with Crippen LogP contribution in [0, 0.1) is 5.82 Å². The van der Waals surface area contributed by atoms with E-state index in [9.17, 15) is 22.7 Å². The smallest absolute Gasteiger partial charge is 0.255 e. The second-order valence-corrected chi connectivity index (χ2v) is 11.8. The van der Waals surface area contributed by atoms with Crippen LogP contribution in [0.4, 0.5) is 10.1 Å². The number of nitrogens with one attached hydrogen (secondary N) is 1. The van der Waals surface area contributed by atoms with E-state index in [1.54, 1.807) is 30.3 Å². The lowest BCUT2D eigenvalue weighted by molar-refractivity contribution is 0.0964. The molecular formula is C29H30FN3O6S. The van der Waals surface area contributed by atoms with E-state index in [4.69, 9.17) is 14.9 Å². The first-order valence-corrected chi connectivity index (χ1v) is 14.6. The molecule has 0 spiro atoms. The Morgan fingerprint density at radius 1 is 1.15 bits per heavy atom. The standard InChI is InChI=1S/C29H30FN3O6S/c1-32-29(35)27-24-13-23(17-3-4-17)25(33(40(2,36)37)15-20(31)16-34)14-26(24)39-28(27)18-5-9-21(10-6-18)38-22-11-7-19(30)8-12-22/h5-14,17,20,34H,3-4,15-16,31H2,1-2H3,(H,32,35). The van der Waals surface area contributed by atoms with Crippen molar-refractivity contribution in [3.63, 3.8) is 0 Å². The van der Waals surface area contributed by atoms with E-state index < -0.39 is 16.1 Å². The molecule has 210 valence electrons. The molecule has 0 saturated heterocycles. The van der Waals surface area contributed by atoms with Gasteiger partial charge >= 0.3 is 0 Å². The van der Waals surface area contributed by atoms with Crippen molar-refractivity contribution in [1.29, 1.82) is 0 Å². The summed E-state index contributed by atoms with van der Waals surface area (Å²) in [7, 11) is -2.21. The highest BCUT2D eigenvalue weighted by Gasteiger charge is 2.33. The van der Waals surface area contributed by atoms with Crippen LogP contribution in [0.3, 0.4) is 0 Å². The maximum absolute atomic E-state index is 13.2. The van der Waals surface area contributed by atoms with Crippen molar-refractivity contribution in [2.75, 3.05) is 30.8 Å². The zero-order chi connectivity index (χ0) is 28.6. The highest BCUT2D eigenvalue weighted by molar-refractivity contribution is 7.92. The SMILES string of the molecule is CNC(=O)c1c(-c2ccc(Oc3ccc(F)cc3)cc2)oc2cc(N(CC(N)CO)S(C)(=O)=O)c(C3CC3)cc12. The van der Waals surface area contributed by atoms with Gasteiger partial charge in [-0.1, -0.05) is 0 Å². The molecule has 1 amide bonds. The molecule has 0 aliphatic heterocycles. The van der Waals surface area contributed by atoms with Gasteiger partial charge in [-0.2, -0.15) is 0 Å². The fourth-order valence-electron chi connectivity index (χ4n) is 4.64. The van der Waals surface area contributed by atoms with Crippen LogP contribution < -0.4 is 20.1 Å². The number of furan rings is 1. The molecule has 1 atom stereocenters. The van der Waals surface area contributed by atoms with E-state index in [2.05, 4.69) is 5.32 Å². The minimum absolute atomic E-state index is 0.105. The molecule has 4 aromatic rings. The van der Waals surface area contributed by atoms with Crippen LogP contribution in [-0.4, -0.2) is 51.9 Å². The summed E-state index contributed by atoms with van der Waals surface area (Å²) < 4.78 is 52.0. The Morgan fingerprint density at radius 3 is 2.33 bits per heavy atom. The molecule has 4 N–H and O–H groups in total. The van der Waals surface area contributed by atoms with Gasteiger partial charge in [-0.05, 0) is 78.9 Å². The number of aliphatic hydroxyl groups excluding tert-OH is 1. The molecule has 11 heteroatoms. The lowest BCUT2D eigenvalue weighted by Gasteiger charge is -2.27. The summed E-state index contributed by atoms with van der Waals surface area (Å²) in [6, 6.07) is 15.3. The highest BCUT2D eigenvalue weighted by atomic mass is 32.2. The van der Waals surface area contributed by atoms with Crippen molar-refractivity contribution in [2.45, 2.75) is 24.8 Å². The van der Waals surface area contributed by atoms with Crippen molar-refractivity contribution in [3.8, 4) is 22.8 Å². The molecule has 1 unspecified atom stereocenters. The Morgan fingerprint density at radius 2 is 1.77 bits per heavy atom. The van der Waals surface area contributed by atoms with Gasteiger partial charge in [0.1, 0.15) is 28.7 Å². The molecule has 5 rings (SSSR count). The predicted octanol–water partition coefficient (Wildman–Crippen LogP) is 4.35. The van der Waals surface area contributed by atoms with Crippen molar-refractivity contribution < 1.29 is 31.9 Å². The number of benzene rings is 3. The normalized spacial score (nSPS) is 14.2. The van der Waals surface area contributed by atoms with Gasteiger partial charge in [0.15, 0.2) is 0 Å². The topological polar surface area (TPSA) is 135 Å². The summed E-state index contributed by atoms with van der Waals surface area (Å²) in [6.45, 7) is -0.481. The van der Waals surface area contributed by atoms with Gasteiger partial charge < -0.3 is 25.3 Å². The van der Waals surface area contributed by atoms with Gasteiger partial charge in [-0.25, -0.2) is 12.8 Å². The van der Waals surface area contributed by atoms with Crippen molar-refractivity contribution in [3.05, 3.63) is 77.6 Å². The maximum atomic E-state index is 13.2. The summed E-state index contributed by atoms with van der Waals surface area (Å²) in [6.07, 6.45) is 2.87. The first kappa shape index (κ1) is 27.6. The van der Waals surface area contributed by atoms with Crippen LogP contribution in [0.2, 0.25) is 0 Å². The number of carbonyl (C=O) groups excluding carboxylic acids is 1. The van der Waals surface area contributed by atoms with E-state index in [-0.39, 0.29) is 30.8 Å². The molecule has 0 radical (unpaired) electrons. The number of sulfonamides is 1. The summed E-state index contributed by atoms with van der Waals surface area (Å²) >= 11 is 0. The number of ether oxygens (including phenoxy) is 1. The molecular weight excluding hydrogens is 537 g/mol. The monoisotopic (exact) mass is 567 g/mol. The number of fused-ring (bicyclic) bond motifs is 1. The number of nitrogens with zero attached hydrogens (tertiary/aromatic N) is 1. The zero-order valence-corrected chi connectivity index (χ0v) is 22.9. The Labute approximate surface area is 231 Å². The molecule has 1 aliphatic rings. The fourth-order valence-corrected chi connectivity index (χ4v) is 5.61. The predicted molar refractivity (Wildman–Crippen MR) is 151 cm³/mol. The molecule has 3 aromatic carbocycles. The van der Waals surface area contributed by atoms with Crippen LogP contribution in [0.5, 0.6) is 11.5 Å². The number of hydrogen-bond acceptors (Lipinski definition) is 7. The first-order chi connectivity index (χ1) is 19.1. The van der Waals surface area contributed by atoms with Gasteiger partial charge in [0.05, 0.1) is 30.7 Å². The van der Waals surface area contributed by atoms with Gasteiger partial charge in [-0.15, -0.1) is 0 Å². The molecule has 1 saturated carbocycles. The number of anilines is 1. The van der Waals surface area contributed by atoms with Crippen LogP contribution in [-0.2, 0) is 10.0 Å². The van der Waals surface area contributed by atoms with Crippen LogP contribution in [0.15, 0.2) is 65.1 Å². The van der Waals surface area contributed by atoms with Crippen molar-refractivity contribution >= 4 is 32.6 Å². The van der Waals surface area contributed by atoms with Gasteiger partial charge in [0, 0.05) is 30.1 Å². The molecule has 1 aliphatic carbocycles. The number of aliphatic hydroxyl groups is 1. The van der Waals surface area contributed by atoms with Crippen molar-refractivity contribution in [1.82, 2.24) is 5.32 Å². The summed E-state index contributed by atoms with van der Waals surface area (Å²) in [4.78, 5) is 13.1. The van der Waals surface area contributed by atoms with Gasteiger partial charge in [-0.3, -0.25) is 9.10 Å². The molecule has 0 bridgehead atoms. The lowest BCUT2D eigenvalue weighted by Crippen LogP contribution is -2.43. The zero-order valence-electron chi connectivity index (χ0n) is 22.1. The third kappa shape index (κ3) is 5.67. The third-order valence-corrected chi connectivity index (χ3v) is 7.92. The number of amides is 1. The fraction of sp³-hybridized carbons (Fsp3) is 0.276. The lowest BCUT2D eigenvalue weighted by atomic mass is 10.00. The Hall–Kier alpha value is -3.93. The molecule has 1 fully saturated rings.